The lowest BCUT2D eigenvalue weighted by molar-refractivity contribution is -0.135. The zero-order valence-electron chi connectivity index (χ0n) is 27.0. The summed E-state index contributed by atoms with van der Waals surface area (Å²) in [5.41, 5.74) is 2.63. The SMILES string of the molecule is C[C@H]1[C@H]([Si](C)(C)O)[C@@H](CC(=O)N2CCC[C@H]2CO)O[C@H]1CCc1ccc(N2CN(c3ccccc3)C3(CCNCC3)C2=O)cc1. The minimum atomic E-state index is -2.60. The van der Waals surface area contributed by atoms with E-state index in [4.69, 9.17) is 4.74 Å². The standard InChI is InChI=1S/C35H50N4O5Si/c1-25-30(44-31(33(25)45(2,3)43)22-32(41)37-21-7-10-29(37)23-40)16-13-26-11-14-27(15-12-26)38-24-39(28-8-5-4-6-9-28)35(34(38)42)17-19-36-20-18-35/h4-6,8-9,11-12,14-15,25,29-31,33,36,40,43H,7,10,13,16-24H2,1-3H3/t25-,29+,30+,31-,33+/m1/s1. The van der Waals surface area contributed by atoms with Gasteiger partial charge in [0.1, 0.15) is 5.54 Å². The minimum absolute atomic E-state index is 0.00565. The van der Waals surface area contributed by atoms with Gasteiger partial charge in [-0.3, -0.25) is 14.5 Å². The molecule has 4 heterocycles. The summed E-state index contributed by atoms with van der Waals surface area (Å²) in [6.45, 7) is 8.94. The van der Waals surface area contributed by atoms with Crippen LogP contribution in [0.2, 0.25) is 18.6 Å². The Hall–Kier alpha value is -2.76. The Kier molecular flexibility index (Phi) is 9.41. The first kappa shape index (κ1) is 32.2. The van der Waals surface area contributed by atoms with Crippen molar-refractivity contribution in [3.8, 4) is 0 Å². The molecule has 2 amide bonds. The molecule has 4 aliphatic rings. The van der Waals surface area contributed by atoms with Crippen LogP contribution in [-0.4, -0.2) is 91.6 Å². The number of benzene rings is 2. The number of carbonyl (C=O) groups is 2. The van der Waals surface area contributed by atoms with Crippen LogP contribution < -0.4 is 15.1 Å². The number of likely N-dealkylation sites (tertiary alicyclic amines) is 1. The largest absolute Gasteiger partial charge is 0.432 e. The van der Waals surface area contributed by atoms with Gasteiger partial charge in [-0.15, -0.1) is 0 Å². The number of hydrogen-bond acceptors (Lipinski definition) is 7. The lowest BCUT2D eigenvalue weighted by Crippen LogP contribution is -2.55. The van der Waals surface area contributed by atoms with Gasteiger partial charge in [-0.2, -0.15) is 0 Å². The van der Waals surface area contributed by atoms with Crippen LogP contribution in [0.5, 0.6) is 0 Å². The number of carbonyl (C=O) groups excluding carboxylic acids is 2. The molecule has 9 nitrogen and oxygen atoms in total. The number of hydrogen-bond donors (Lipinski definition) is 3. The fourth-order valence-corrected chi connectivity index (χ4v) is 11.2. The Morgan fingerprint density at radius 2 is 1.76 bits per heavy atom. The highest BCUT2D eigenvalue weighted by molar-refractivity contribution is 6.71. The Bertz CT molecular complexity index is 1330. The molecule has 244 valence electrons. The Labute approximate surface area is 268 Å². The summed E-state index contributed by atoms with van der Waals surface area (Å²) >= 11 is 0. The van der Waals surface area contributed by atoms with Gasteiger partial charge < -0.3 is 29.8 Å². The summed E-state index contributed by atoms with van der Waals surface area (Å²) in [4.78, 5) is 44.5. The molecule has 4 aliphatic heterocycles. The van der Waals surface area contributed by atoms with E-state index >= 15 is 0 Å². The molecule has 45 heavy (non-hydrogen) atoms. The van der Waals surface area contributed by atoms with E-state index in [0.29, 0.717) is 13.2 Å². The molecule has 2 aromatic carbocycles. The zero-order chi connectivity index (χ0) is 31.8. The van der Waals surface area contributed by atoms with E-state index in [1.807, 2.05) is 41.1 Å². The molecular formula is C35H50N4O5Si. The van der Waals surface area contributed by atoms with E-state index < -0.39 is 13.9 Å². The molecule has 0 unspecified atom stereocenters. The van der Waals surface area contributed by atoms with Gasteiger partial charge in [-0.25, -0.2) is 0 Å². The van der Waals surface area contributed by atoms with Gasteiger partial charge in [0.2, 0.25) is 5.91 Å². The molecule has 6 rings (SSSR count). The first-order valence-corrected chi connectivity index (χ1v) is 19.9. The number of amides is 2. The number of aliphatic hydroxyl groups is 1. The van der Waals surface area contributed by atoms with E-state index in [1.165, 1.54) is 5.56 Å². The lowest BCUT2D eigenvalue weighted by Gasteiger charge is -2.39. The summed E-state index contributed by atoms with van der Waals surface area (Å²) in [6.07, 6.45) is 4.86. The van der Waals surface area contributed by atoms with Crippen LogP contribution in [0.3, 0.4) is 0 Å². The maximum atomic E-state index is 14.0. The van der Waals surface area contributed by atoms with Crippen molar-refractivity contribution in [3.05, 3.63) is 60.2 Å². The molecule has 5 atom stereocenters. The van der Waals surface area contributed by atoms with Crippen molar-refractivity contribution in [3.63, 3.8) is 0 Å². The third-order valence-corrected chi connectivity index (χ3v) is 13.4. The van der Waals surface area contributed by atoms with Gasteiger partial charge in [-0.1, -0.05) is 37.3 Å². The maximum Gasteiger partial charge on any atom is 0.254 e. The van der Waals surface area contributed by atoms with Crippen molar-refractivity contribution in [2.24, 2.45) is 5.92 Å². The number of nitrogens with one attached hydrogen (secondary N) is 1. The first-order chi connectivity index (χ1) is 21.6. The van der Waals surface area contributed by atoms with Gasteiger partial charge in [-0.05, 0) is 100 Å². The Morgan fingerprint density at radius 3 is 2.42 bits per heavy atom. The van der Waals surface area contributed by atoms with Crippen LogP contribution in [0.25, 0.3) is 0 Å². The van der Waals surface area contributed by atoms with Crippen molar-refractivity contribution < 1.29 is 24.2 Å². The van der Waals surface area contributed by atoms with E-state index in [1.54, 1.807) is 0 Å². The molecule has 3 N–H and O–H groups in total. The average molecular weight is 635 g/mol. The molecule has 1 spiro atoms. The molecule has 0 saturated carbocycles. The number of rotatable bonds is 9. The van der Waals surface area contributed by atoms with Crippen molar-refractivity contribution in [2.45, 2.75) is 94.3 Å². The van der Waals surface area contributed by atoms with Crippen molar-refractivity contribution >= 4 is 31.5 Å². The van der Waals surface area contributed by atoms with Crippen molar-refractivity contribution in [1.82, 2.24) is 10.2 Å². The van der Waals surface area contributed by atoms with Gasteiger partial charge in [0, 0.05) is 23.5 Å². The highest BCUT2D eigenvalue weighted by Crippen LogP contribution is 2.46. The number of ether oxygens (including phenoxy) is 1. The maximum absolute atomic E-state index is 14.0. The van der Waals surface area contributed by atoms with Crippen molar-refractivity contribution in [2.75, 3.05) is 42.7 Å². The zero-order valence-corrected chi connectivity index (χ0v) is 28.0. The molecule has 0 bridgehead atoms. The van der Waals surface area contributed by atoms with E-state index in [2.05, 4.69) is 53.5 Å². The third-order valence-electron chi connectivity index (χ3n) is 10.9. The van der Waals surface area contributed by atoms with E-state index in [-0.39, 0.29) is 54.6 Å². The molecule has 0 radical (unpaired) electrons. The molecule has 0 aromatic heterocycles. The Morgan fingerprint density at radius 1 is 1.04 bits per heavy atom. The lowest BCUT2D eigenvalue weighted by atomic mass is 9.86. The van der Waals surface area contributed by atoms with E-state index in [9.17, 15) is 19.5 Å². The van der Waals surface area contributed by atoms with Crippen LogP contribution in [0, 0.1) is 5.92 Å². The number of nitrogens with zero attached hydrogens (tertiary/aromatic N) is 3. The fraction of sp³-hybridized carbons (Fsp3) is 0.600. The second-order valence-electron chi connectivity index (χ2n) is 14.1. The average Bonchev–Trinajstić information content (AvgIpc) is 3.72. The highest BCUT2D eigenvalue weighted by atomic mass is 28.4. The molecule has 0 aliphatic carbocycles. The molecule has 4 fully saturated rings. The molecular weight excluding hydrogens is 584 g/mol. The van der Waals surface area contributed by atoms with E-state index in [0.717, 1.165) is 63.0 Å². The molecule has 2 aromatic rings. The highest BCUT2D eigenvalue weighted by Gasteiger charge is 2.53. The monoisotopic (exact) mass is 634 g/mol. The predicted octanol–water partition coefficient (Wildman–Crippen LogP) is 3.90. The summed E-state index contributed by atoms with van der Waals surface area (Å²) in [5, 5.41) is 13.1. The van der Waals surface area contributed by atoms with Crippen LogP contribution >= 0.6 is 0 Å². The van der Waals surface area contributed by atoms with Gasteiger partial charge in [0.25, 0.3) is 5.91 Å². The fourth-order valence-electron chi connectivity index (χ4n) is 8.57. The number of anilines is 2. The van der Waals surface area contributed by atoms with Crippen LogP contribution in [0.4, 0.5) is 11.4 Å². The topological polar surface area (TPSA) is 106 Å². The molecule has 4 saturated heterocycles. The second-order valence-corrected chi connectivity index (χ2v) is 18.1. The van der Waals surface area contributed by atoms with Crippen molar-refractivity contribution in [1.29, 1.82) is 0 Å². The summed E-state index contributed by atoms with van der Waals surface area (Å²) < 4.78 is 6.57. The summed E-state index contributed by atoms with van der Waals surface area (Å²) in [7, 11) is -2.60. The Balaban J connectivity index is 1.11. The van der Waals surface area contributed by atoms with Gasteiger partial charge >= 0.3 is 0 Å². The first-order valence-electron chi connectivity index (χ1n) is 16.8. The third kappa shape index (κ3) is 6.32. The normalized spacial score (nSPS) is 28.4. The van der Waals surface area contributed by atoms with Crippen LogP contribution in [0.1, 0.15) is 51.0 Å². The number of aryl methyl sites for hydroxylation is 1. The number of para-hydroxylation sites is 1. The van der Waals surface area contributed by atoms with Gasteiger partial charge in [0.15, 0.2) is 8.32 Å². The minimum Gasteiger partial charge on any atom is -0.432 e. The second kappa shape index (κ2) is 13.2. The summed E-state index contributed by atoms with van der Waals surface area (Å²) in [6, 6.07) is 18.5. The predicted molar refractivity (Wildman–Crippen MR) is 179 cm³/mol. The smallest absolute Gasteiger partial charge is 0.254 e. The van der Waals surface area contributed by atoms with Gasteiger partial charge in [0.05, 0.1) is 37.9 Å². The van der Waals surface area contributed by atoms with Crippen LogP contribution in [-0.2, 0) is 20.7 Å². The molecule has 10 heteroatoms. The number of aliphatic hydroxyl groups excluding tert-OH is 1. The summed E-state index contributed by atoms with van der Waals surface area (Å²) in [5.74, 6) is 0.348. The van der Waals surface area contributed by atoms with Crippen LogP contribution in [0.15, 0.2) is 54.6 Å². The quantitative estimate of drug-likeness (QED) is 0.360. The number of piperidine rings is 1.